The second-order valence-electron chi connectivity index (χ2n) is 6.11. The van der Waals surface area contributed by atoms with Crippen molar-refractivity contribution in [1.82, 2.24) is 4.72 Å². The van der Waals surface area contributed by atoms with E-state index in [9.17, 15) is 8.42 Å². The molecule has 0 saturated heterocycles. The Kier molecular flexibility index (Phi) is 6.57. The number of halogens is 1. The van der Waals surface area contributed by atoms with Gasteiger partial charge in [-0.15, -0.1) is 0 Å². The average Bonchev–Trinajstić information content (AvgIpc) is 2.72. The van der Waals surface area contributed by atoms with Gasteiger partial charge in [0.15, 0.2) is 0 Å². The van der Waals surface area contributed by atoms with Gasteiger partial charge in [0.1, 0.15) is 5.75 Å². The molecular weight excluding hydrogens is 396 g/mol. The van der Waals surface area contributed by atoms with Gasteiger partial charge in [-0.25, -0.2) is 13.1 Å². The highest BCUT2D eigenvalue weighted by Crippen LogP contribution is 2.28. The molecule has 28 heavy (non-hydrogen) atoms. The summed E-state index contributed by atoms with van der Waals surface area (Å²) in [5, 5.41) is 3.86. The summed E-state index contributed by atoms with van der Waals surface area (Å²) in [4.78, 5) is 0.168. The van der Waals surface area contributed by atoms with Crippen LogP contribution in [-0.2, 0) is 10.0 Å². The average molecular weight is 417 g/mol. The summed E-state index contributed by atoms with van der Waals surface area (Å²) in [5.74, 6) is 0.684. The fourth-order valence-corrected chi connectivity index (χ4v) is 3.95. The zero-order chi connectivity index (χ0) is 20.0. The molecule has 0 amide bonds. The van der Waals surface area contributed by atoms with E-state index in [1.807, 2.05) is 54.6 Å². The smallest absolute Gasteiger partial charge is 0.240 e. The molecule has 0 radical (unpaired) electrons. The molecular formula is C21H21ClN2O3S. The maximum absolute atomic E-state index is 12.6. The second kappa shape index (κ2) is 9.10. The normalized spacial score (nSPS) is 12.4. The Morgan fingerprint density at radius 3 is 2.25 bits per heavy atom. The summed E-state index contributed by atoms with van der Waals surface area (Å²) in [5.41, 5.74) is 1.73. The first-order valence-corrected chi connectivity index (χ1v) is 10.6. The molecule has 3 rings (SSSR count). The summed E-state index contributed by atoms with van der Waals surface area (Å²) in [6.45, 7) is 0.160. The van der Waals surface area contributed by atoms with Gasteiger partial charge in [0.25, 0.3) is 0 Å². The highest BCUT2D eigenvalue weighted by atomic mass is 35.5. The van der Waals surface area contributed by atoms with Crippen LogP contribution in [-0.4, -0.2) is 22.1 Å². The van der Waals surface area contributed by atoms with Crippen LogP contribution in [0, 0.1) is 0 Å². The minimum Gasteiger partial charge on any atom is -0.495 e. The van der Waals surface area contributed by atoms with Crippen LogP contribution in [0.1, 0.15) is 11.6 Å². The minimum absolute atomic E-state index is 0.160. The van der Waals surface area contributed by atoms with Gasteiger partial charge >= 0.3 is 0 Å². The van der Waals surface area contributed by atoms with E-state index < -0.39 is 10.0 Å². The van der Waals surface area contributed by atoms with Gasteiger partial charge in [0.2, 0.25) is 10.0 Å². The Hall–Kier alpha value is -2.54. The zero-order valence-corrected chi connectivity index (χ0v) is 16.9. The zero-order valence-electron chi connectivity index (χ0n) is 15.3. The molecule has 0 aromatic heterocycles. The maximum Gasteiger partial charge on any atom is 0.240 e. The lowest BCUT2D eigenvalue weighted by Crippen LogP contribution is -2.31. The molecule has 0 fully saturated rings. The van der Waals surface area contributed by atoms with Crippen LogP contribution in [0.3, 0.4) is 0 Å². The lowest BCUT2D eigenvalue weighted by Gasteiger charge is -2.22. The maximum atomic E-state index is 12.6. The first-order chi connectivity index (χ1) is 13.5. The molecule has 1 atom stereocenters. The molecule has 3 aromatic carbocycles. The van der Waals surface area contributed by atoms with Crippen molar-refractivity contribution in [1.29, 1.82) is 0 Å². The number of hydrogen-bond donors (Lipinski definition) is 2. The van der Waals surface area contributed by atoms with Crippen LogP contribution in [0.25, 0.3) is 0 Å². The fourth-order valence-electron chi connectivity index (χ4n) is 2.78. The van der Waals surface area contributed by atoms with Crippen LogP contribution in [0.5, 0.6) is 5.75 Å². The molecule has 3 aromatic rings. The van der Waals surface area contributed by atoms with Gasteiger partial charge in [-0.1, -0.05) is 54.1 Å². The number of rotatable bonds is 8. The van der Waals surface area contributed by atoms with Crippen molar-refractivity contribution in [2.45, 2.75) is 10.9 Å². The Morgan fingerprint density at radius 2 is 1.57 bits per heavy atom. The van der Waals surface area contributed by atoms with Gasteiger partial charge in [-0.2, -0.15) is 0 Å². The van der Waals surface area contributed by atoms with Crippen LogP contribution in [0.4, 0.5) is 5.69 Å². The summed E-state index contributed by atoms with van der Waals surface area (Å²) in [6.07, 6.45) is 0. The Labute approximate surface area is 170 Å². The summed E-state index contributed by atoms with van der Waals surface area (Å²) < 4.78 is 33.4. The number of nitrogens with one attached hydrogen (secondary N) is 2. The van der Waals surface area contributed by atoms with E-state index in [2.05, 4.69) is 10.0 Å². The van der Waals surface area contributed by atoms with Crippen molar-refractivity contribution in [2.24, 2.45) is 0 Å². The van der Waals surface area contributed by atoms with E-state index in [-0.39, 0.29) is 17.5 Å². The first kappa shape index (κ1) is 20.2. The number of ether oxygens (including phenoxy) is 1. The van der Waals surface area contributed by atoms with Crippen molar-refractivity contribution < 1.29 is 13.2 Å². The van der Waals surface area contributed by atoms with Crippen molar-refractivity contribution in [3.63, 3.8) is 0 Å². The van der Waals surface area contributed by atoms with E-state index in [0.717, 1.165) is 11.3 Å². The van der Waals surface area contributed by atoms with Gasteiger partial charge in [-0.05, 0) is 42.0 Å². The molecule has 0 aliphatic rings. The minimum atomic E-state index is -3.67. The van der Waals surface area contributed by atoms with Crippen LogP contribution < -0.4 is 14.8 Å². The van der Waals surface area contributed by atoms with E-state index >= 15 is 0 Å². The van der Waals surface area contributed by atoms with Gasteiger partial charge in [0, 0.05) is 11.6 Å². The quantitative estimate of drug-likeness (QED) is 0.568. The third-order valence-electron chi connectivity index (χ3n) is 4.24. The molecule has 0 aliphatic carbocycles. The fraction of sp³-hybridized carbons (Fsp3) is 0.143. The molecule has 7 heteroatoms. The largest absolute Gasteiger partial charge is 0.495 e. The summed E-state index contributed by atoms with van der Waals surface area (Å²) in [6, 6.07) is 22.9. The molecule has 0 bridgehead atoms. The molecule has 0 unspecified atom stereocenters. The predicted octanol–water partition coefficient (Wildman–Crippen LogP) is 4.48. The van der Waals surface area contributed by atoms with Crippen LogP contribution in [0.15, 0.2) is 83.8 Å². The van der Waals surface area contributed by atoms with Crippen LogP contribution >= 0.6 is 11.6 Å². The molecule has 146 valence electrons. The van der Waals surface area contributed by atoms with Gasteiger partial charge < -0.3 is 10.1 Å². The van der Waals surface area contributed by atoms with E-state index in [1.165, 1.54) is 12.1 Å². The summed E-state index contributed by atoms with van der Waals surface area (Å²) >= 11 is 5.85. The first-order valence-electron chi connectivity index (χ1n) is 8.69. The van der Waals surface area contributed by atoms with Crippen molar-refractivity contribution in [3.05, 3.63) is 89.4 Å². The predicted molar refractivity (Wildman–Crippen MR) is 112 cm³/mol. The number of anilines is 1. The molecule has 0 heterocycles. The van der Waals surface area contributed by atoms with Crippen LogP contribution in [0.2, 0.25) is 5.02 Å². The summed E-state index contributed by atoms with van der Waals surface area (Å²) in [7, 11) is -2.07. The number of para-hydroxylation sites is 2. The molecule has 0 saturated carbocycles. The highest BCUT2D eigenvalue weighted by molar-refractivity contribution is 7.89. The van der Waals surface area contributed by atoms with Gasteiger partial charge in [-0.3, -0.25) is 0 Å². The SMILES string of the molecule is COc1ccccc1N[C@@H](CNS(=O)(=O)c1ccc(Cl)cc1)c1ccccc1. The Morgan fingerprint density at radius 1 is 0.929 bits per heavy atom. The third kappa shape index (κ3) is 5.04. The van der Waals surface area contributed by atoms with Crippen molar-refractivity contribution in [3.8, 4) is 5.75 Å². The van der Waals surface area contributed by atoms with E-state index in [0.29, 0.717) is 10.8 Å². The lowest BCUT2D eigenvalue weighted by molar-refractivity contribution is 0.416. The lowest BCUT2D eigenvalue weighted by atomic mass is 10.1. The van der Waals surface area contributed by atoms with Gasteiger partial charge in [0.05, 0.1) is 23.7 Å². The molecule has 0 spiro atoms. The van der Waals surface area contributed by atoms with E-state index in [4.69, 9.17) is 16.3 Å². The Bertz CT molecular complexity index is 1010. The highest BCUT2D eigenvalue weighted by Gasteiger charge is 2.19. The molecule has 0 aliphatic heterocycles. The molecule has 2 N–H and O–H groups in total. The number of methoxy groups -OCH3 is 1. The monoisotopic (exact) mass is 416 g/mol. The van der Waals surface area contributed by atoms with E-state index in [1.54, 1.807) is 19.2 Å². The number of sulfonamides is 1. The standard InChI is InChI=1S/C21H21ClN2O3S/c1-27-21-10-6-5-9-19(21)24-20(16-7-3-2-4-8-16)15-23-28(25,26)18-13-11-17(22)12-14-18/h2-14,20,23-24H,15H2,1H3/t20-/m0/s1. The topological polar surface area (TPSA) is 67.4 Å². The molecule has 5 nitrogen and oxygen atoms in total. The Balaban J connectivity index is 1.83. The third-order valence-corrected chi connectivity index (χ3v) is 5.93. The van der Waals surface area contributed by atoms with Crippen molar-refractivity contribution >= 4 is 27.3 Å². The second-order valence-corrected chi connectivity index (χ2v) is 8.32. The van der Waals surface area contributed by atoms with Crippen molar-refractivity contribution in [2.75, 3.05) is 19.0 Å². The number of benzene rings is 3. The number of hydrogen-bond acceptors (Lipinski definition) is 4.